The van der Waals surface area contributed by atoms with Gasteiger partial charge in [0.15, 0.2) is 0 Å². The van der Waals surface area contributed by atoms with Gasteiger partial charge in [0.2, 0.25) is 0 Å². The first kappa shape index (κ1) is 8.61. The smallest absolute Gasteiger partial charge is 0.387 e. The summed E-state index contributed by atoms with van der Waals surface area (Å²) in [6.45, 7) is 3.58. The maximum atomic E-state index is 5.02. The predicted octanol–water partition coefficient (Wildman–Crippen LogP) is 1.38. The van der Waals surface area contributed by atoms with E-state index in [0.29, 0.717) is 0 Å². The van der Waals surface area contributed by atoms with E-state index in [0.717, 1.165) is 0 Å². The van der Waals surface area contributed by atoms with Gasteiger partial charge in [0, 0.05) is 14.2 Å². The van der Waals surface area contributed by atoms with E-state index in [1.807, 2.05) is 0 Å². The van der Waals surface area contributed by atoms with Crippen LogP contribution in [-0.2, 0) is 8.85 Å². The van der Waals surface area contributed by atoms with Crippen LogP contribution in [0.3, 0.4) is 0 Å². The molecule has 0 saturated carbocycles. The number of hydrogen-bond donors (Lipinski definition) is 0. The minimum Gasteiger partial charge on any atom is -0.387 e. The average molecular weight is 244 g/mol. The van der Waals surface area contributed by atoms with Crippen molar-refractivity contribution >= 4 is 27.9 Å². The van der Waals surface area contributed by atoms with Crippen LogP contribution in [0.2, 0.25) is 0 Å². The van der Waals surface area contributed by atoms with Gasteiger partial charge in [-0.05, 0) is 27.5 Å². The fourth-order valence-electron chi connectivity index (χ4n) is 0.250. The van der Waals surface area contributed by atoms with Crippen molar-refractivity contribution in [3.63, 3.8) is 0 Å². The Balaban J connectivity index is 3.76. The Morgan fingerprint density at radius 2 is 1.88 bits per heavy atom. The van der Waals surface area contributed by atoms with Gasteiger partial charge in [0.05, 0.1) is 0 Å². The van der Waals surface area contributed by atoms with E-state index in [-0.39, 0.29) is 0 Å². The van der Waals surface area contributed by atoms with Crippen molar-refractivity contribution in [3.8, 4) is 0 Å². The molecule has 4 heteroatoms. The molecule has 0 aromatic carbocycles. The number of rotatable bonds is 3. The maximum absolute atomic E-state index is 5.02. The summed E-state index contributed by atoms with van der Waals surface area (Å²) in [4.78, 5) is 0. The summed E-state index contributed by atoms with van der Waals surface area (Å²) >= 11 is 2.14. The molecule has 0 aliphatic heterocycles. The first-order valence-electron chi connectivity index (χ1n) is 2.11. The molecular formula is C4H9IO2Si. The highest BCUT2D eigenvalue weighted by Crippen LogP contribution is 2.13. The first-order valence-corrected chi connectivity index (χ1v) is 7.12. The highest BCUT2D eigenvalue weighted by molar-refractivity contribution is 14.1. The number of halogens is 1. The monoisotopic (exact) mass is 244 g/mol. The molecule has 8 heavy (non-hydrogen) atoms. The Bertz CT molecular complexity index is 82.1. The fourth-order valence-corrected chi connectivity index (χ4v) is 0.750. The van der Waals surface area contributed by atoms with Crippen LogP contribution in [0.15, 0.2) is 12.3 Å². The van der Waals surface area contributed by atoms with Gasteiger partial charge >= 0.3 is 6.06 Å². The lowest BCUT2D eigenvalue weighted by atomic mass is 11.3. The van der Waals surface area contributed by atoms with E-state index >= 15 is 0 Å². The third kappa shape index (κ3) is 2.25. The molecule has 48 valence electrons. The maximum Gasteiger partial charge on any atom is 0.433 e. The molecule has 0 heterocycles. The van der Waals surface area contributed by atoms with Crippen molar-refractivity contribution in [1.29, 1.82) is 0 Å². The van der Waals surface area contributed by atoms with Crippen LogP contribution >= 0.6 is 21.8 Å². The molecule has 0 atom stereocenters. The molecule has 0 N–H and O–H groups in total. The molecule has 0 aromatic rings. The van der Waals surface area contributed by atoms with Gasteiger partial charge in [-0.3, -0.25) is 0 Å². The van der Waals surface area contributed by atoms with Crippen LogP contribution in [0.4, 0.5) is 0 Å². The summed E-state index contributed by atoms with van der Waals surface area (Å²) in [6.07, 6.45) is 0. The van der Waals surface area contributed by atoms with Crippen LogP contribution in [0.1, 0.15) is 0 Å². The molecular weight excluding hydrogens is 235 g/mol. The van der Waals surface area contributed by atoms with Gasteiger partial charge in [-0.15, -0.1) is 6.58 Å². The van der Waals surface area contributed by atoms with E-state index in [2.05, 4.69) is 28.4 Å². The summed E-state index contributed by atoms with van der Waals surface area (Å²) in [6, 6.07) is -1.94. The quantitative estimate of drug-likeness (QED) is 0.424. The molecule has 0 unspecified atom stereocenters. The van der Waals surface area contributed by atoms with Crippen molar-refractivity contribution in [2.45, 2.75) is 0 Å². The van der Waals surface area contributed by atoms with Crippen LogP contribution in [0.5, 0.6) is 0 Å². The Labute approximate surface area is 63.3 Å². The fraction of sp³-hybridized carbons (Fsp3) is 0.500. The lowest BCUT2D eigenvalue weighted by molar-refractivity contribution is 0.286. The second-order valence-electron chi connectivity index (χ2n) is 1.19. The van der Waals surface area contributed by atoms with Gasteiger partial charge in [-0.1, -0.05) is 0 Å². The molecule has 0 fully saturated rings. The zero-order chi connectivity index (χ0) is 6.62. The van der Waals surface area contributed by atoms with E-state index in [1.165, 1.54) is 0 Å². The largest absolute Gasteiger partial charge is 0.433 e. The third-order valence-corrected chi connectivity index (χ3v) is 6.37. The Kier molecular flexibility index (Phi) is 3.87. The van der Waals surface area contributed by atoms with Crippen molar-refractivity contribution in [1.82, 2.24) is 0 Å². The summed E-state index contributed by atoms with van der Waals surface area (Å²) in [5, 5.41) is 0. The van der Waals surface area contributed by atoms with E-state index in [9.17, 15) is 0 Å². The van der Waals surface area contributed by atoms with Crippen LogP contribution in [0, 0.1) is 0 Å². The van der Waals surface area contributed by atoms with Gasteiger partial charge in [0.1, 0.15) is 0 Å². The second kappa shape index (κ2) is 3.60. The number of hydrogen-bond acceptors (Lipinski definition) is 2. The topological polar surface area (TPSA) is 18.5 Å². The van der Waals surface area contributed by atoms with Crippen molar-refractivity contribution in [2.24, 2.45) is 0 Å². The molecule has 2 nitrogen and oxygen atoms in total. The molecule has 0 aliphatic rings. The SMILES string of the molecule is C=C[Si](I)(OC)OC. The molecule has 0 bridgehead atoms. The molecule has 0 amide bonds. The normalized spacial score (nSPS) is 11.4. The standard InChI is InChI=1S/C4H9IO2Si/c1-4-8(5,6-2)7-3/h4H,1H2,2-3H3. The zero-order valence-electron chi connectivity index (χ0n) is 4.98. The minimum atomic E-state index is -1.94. The van der Waals surface area contributed by atoms with Crippen molar-refractivity contribution in [2.75, 3.05) is 14.2 Å². The molecule has 0 aliphatic carbocycles. The Hall–Kier alpha value is 0.607. The van der Waals surface area contributed by atoms with Gasteiger partial charge in [-0.2, -0.15) is 0 Å². The highest BCUT2D eigenvalue weighted by Gasteiger charge is 2.26. The minimum absolute atomic E-state index is 1.63. The Morgan fingerprint density at radius 3 is 1.88 bits per heavy atom. The first-order chi connectivity index (χ1) is 3.68. The lowest BCUT2D eigenvalue weighted by Crippen LogP contribution is -2.29. The van der Waals surface area contributed by atoms with Gasteiger partial charge < -0.3 is 8.85 Å². The summed E-state index contributed by atoms with van der Waals surface area (Å²) in [5.41, 5.74) is 1.73. The molecule has 0 saturated heterocycles. The molecule has 0 radical (unpaired) electrons. The van der Waals surface area contributed by atoms with E-state index in [1.54, 1.807) is 19.9 Å². The van der Waals surface area contributed by atoms with Gasteiger partial charge in [0.25, 0.3) is 0 Å². The van der Waals surface area contributed by atoms with Gasteiger partial charge in [-0.25, -0.2) is 0 Å². The third-order valence-electron chi connectivity index (χ3n) is 0.800. The second-order valence-corrected chi connectivity index (χ2v) is 8.10. The van der Waals surface area contributed by atoms with Crippen LogP contribution in [0.25, 0.3) is 0 Å². The van der Waals surface area contributed by atoms with E-state index < -0.39 is 6.06 Å². The summed E-state index contributed by atoms with van der Waals surface area (Å²) < 4.78 is 10.0. The van der Waals surface area contributed by atoms with Crippen molar-refractivity contribution < 1.29 is 8.85 Å². The zero-order valence-corrected chi connectivity index (χ0v) is 8.14. The average Bonchev–Trinajstić information content (AvgIpc) is 1.87. The molecule has 0 aromatic heterocycles. The van der Waals surface area contributed by atoms with Crippen molar-refractivity contribution in [3.05, 3.63) is 12.3 Å². The Morgan fingerprint density at radius 1 is 1.50 bits per heavy atom. The predicted molar refractivity (Wildman–Crippen MR) is 44.0 cm³/mol. The van der Waals surface area contributed by atoms with Crippen LogP contribution < -0.4 is 0 Å². The summed E-state index contributed by atoms with van der Waals surface area (Å²) in [7, 11) is 3.26. The molecule has 0 rings (SSSR count). The highest BCUT2D eigenvalue weighted by atomic mass is 127. The van der Waals surface area contributed by atoms with E-state index in [4.69, 9.17) is 8.85 Å². The van der Waals surface area contributed by atoms with Crippen LogP contribution in [-0.4, -0.2) is 20.3 Å². The molecule has 0 spiro atoms. The summed E-state index contributed by atoms with van der Waals surface area (Å²) in [5.74, 6) is 0. The lowest BCUT2D eigenvalue weighted by Gasteiger charge is -2.14.